The predicted octanol–water partition coefficient (Wildman–Crippen LogP) is 4.38. The summed E-state index contributed by atoms with van der Waals surface area (Å²) < 4.78 is 14.9. The Morgan fingerprint density at radius 1 is 1.16 bits per heavy atom. The second-order valence-electron chi connectivity index (χ2n) is 6.47. The summed E-state index contributed by atoms with van der Waals surface area (Å²) >= 11 is 3.71. The highest BCUT2D eigenvalue weighted by molar-refractivity contribution is 8.18. The van der Waals surface area contributed by atoms with Crippen LogP contribution in [0.25, 0.3) is 16.3 Å². The summed E-state index contributed by atoms with van der Waals surface area (Å²) in [5, 5.41) is 2.33. The number of benzene rings is 2. The zero-order valence-electron chi connectivity index (χ0n) is 16.0. The van der Waals surface area contributed by atoms with Gasteiger partial charge in [0.05, 0.1) is 20.9 Å². The minimum absolute atomic E-state index is 0.0863. The Hall–Kier alpha value is -2.69. The van der Waals surface area contributed by atoms with E-state index in [0.29, 0.717) is 5.56 Å². The van der Waals surface area contributed by atoms with Gasteiger partial charge in [0.25, 0.3) is 11.1 Å². The molecule has 6 nitrogen and oxygen atoms in total. The number of carbonyl (C=O) groups is 3. The second-order valence-corrected chi connectivity index (χ2v) is 9.72. The van der Waals surface area contributed by atoms with Crippen molar-refractivity contribution in [3.05, 3.63) is 64.8 Å². The van der Waals surface area contributed by atoms with E-state index in [2.05, 4.69) is 10.3 Å². The molecule has 0 saturated carbocycles. The average Bonchev–Trinajstić information content (AvgIpc) is 3.29. The summed E-state index contributed by atoms with van der Waals surface area (Å²) in [5.74, 6) is -0.788. The van der Waals surface area contributed by atoms with Gasteiger partial charge in [-0.3, -0.25) is 19.3 Å². The normalized spacial score (nSPS) is 15.3. The first-order chi connectivity index (χ1) is 15.0. The van der Waals surface area contributed by atoms with E-state index in [1.165, 1.54) is 47.4 Å². The van der Waals surface area contributed by atoms with Gasteiger partial charge in [-0.25, -0.2) is 9.37 Å². The molecule has 0 radical (unpaired) electrons. The third kappa shape index (κ3) is 5.33. The number of nitrogens with one attached hydrogen (secondary N) is 1. The fourth-order valence-electron chi connectivity index (χ4n) is 2.80. The van der Waals surface area contributed by atoms with Gasteiger partial charge in [-0.1, -0.05) is 36.0 Å². The molecule has 1 N–H and O–H groups in total. The van der Waals surface area contributed by atoms with Crippen LogP contribution in [0.15, 0.2) is 57.8 Å². The first-order valence-corrected chi connectivity index (χ1v) is 11.9. The molecule has 158 valence electrons. The van der Waals surface area contributed by atoms with Crippen molar-refractivity contribution in [2.75, 3.05) is 18.8 Å². The molecule has 0 aliphatic carbocycles. The van der Waals surface area contributed by atoms with E-state index >= 15 is 0 Å². The van der Waals surface area contributed by atoms with E-state index in [0.717, 1.165) is 31.2 Å². The van der Waals surface area contributed by atoms with E-state index in [9.17, 15) is 18.8 Å². The van der Waals surface area contributed by atoms with Crippen LogP contribution in [0.3, 0.4) is 0 Å². The lowest BCUT2D eigenvalue weighted by Gasteiger charge is -2.12. The number of hydrogen-bond donors (Lipinski definition) is 1. The minimum Gasteiger partial charge on any atom is -0.354 e. The number of rotatable bonds is 7. The smallest absolute Gasteiger partial charge is 0.293 e. The summed E-state index contributed by atoms with van der Waals surface area (Å²) in [4.78, 5) is 42.6. The molecule has 3 aromatic rings. The van der Waals surface area contributed by atoms with Crippen LogP contribution in [-0.2, 0) is 9.59 Å². The number of aromatic nitrogens is 1. The van der Waals surface area contributed by atoms with E-state index in [-0.39, 0.29) is 35.5 Å². The summed E-state index contributed by atoms with van der Waals surface area (Å²) in [7, 11) is 0. The molecule has 0 bridgehead atoms. The molecule has 31 heavy (non-hydrogen) atoms. The van der Waals surface area contributed by atoms with Gasteiger partial charge in [0, 0.05) is 13.1 Å². The molecule has 1 aliphatic heterocycles. The van der Waals surface area contributed by atoms with E-state index in [1.54, 1.807) is 6.08 Å². The molecule has 4 rings (SSSR count). The van der Waals surface area contributed by atoms with E-state index in [1.807, 2.05) is 24.3 Å². The van der Waals surface area contributed by atoms with Crippen molar-refractivity contribution in [1.82, 2.24) is 15.2 Å². The van der Waals surface area contributed by atoms with Gasteiger partial charge in [-0.2, -0.15) is 0 Å². The SMILES string of the molecule is O=C(CSc1nc2ccccc2s1)NCCN1C(=O)S/C(=C/c2ccc(F)cc2)C1=O. The zero-order chi connectivity index (χ0) is 21.8. The number of imide groups is 1. The van der Waals surface area contributed by atoms with Crippen LogP contribution in [0.4, 0.5) is 9.18 Å². The predicted molar refractivity (Wildman–Crippen MR) is 122 cm³/mol. The summed E-state index contributed by atoms with van der Waals surface area (Å²) in [6, 6.07) is 13.4. The van der Waals surface area contributed by atoms with Crippen molar-refractivity contribution in [3.63, 3.8) is 0 Å². The Morgan fingerprint density at radius 2 is 1.94 bits per heavy atom. The Kier molecular flexibility index (Phi) is 6.69. The first-order valence-electron chi connectivity index (χ1n) is 9.25. The Bertz CT molecular complexity index is 1140. The van der Waals surface area contributed by atoms with Crippen molar-refractivity contribution in [3.8, 4) is 0 Å². The Labute approximate surface area is 189 Å². The molecule has 2 aromatic carbocycles. The number of halogens is 1. The van der Waals surface area contributed by atoms with Crippen LogP contribution in [0.2, 0.25) is 0 Å². The number of para-hydroxylation sites is 1. The van der Waals surface area contributed by atoms with Crippen LogP contribution in [0, 0.1) is 5.82 Å². The molecule has 1 fully saturated rings. The number of hydrogen-bond acceptors (Lipinski definition) is 7. The number of nitrogens with zero attached hydrogens (tertiary/aromatic N) is 2. The lowest BCUT2D eigenvalue weighted by atomic mass is 10.2. The molecular formula is C21H16FN3O3S3. The number of carbonyl (C=O) groups excluding carboxylic acids is 3. The number of fused-ring (bicyclic) bond motifs is 1. The lowest BCUT2D eigenvalue weighted by Crippen LogP contribution is -2.37. The molecular weight excluding hydrogens is 457 g/mol. The minimum atomic E-state index is -0.419. The maximum Gasteiger partial charge on any atom is 0.293 e. The average molecular weight is 474 g/mol. The van der Waals surface area contributed by atoms with Crippen LogP contribution in [-0.4, -0.2) is 45.8 Å². The number of thiazole rings is 1. The van der Waals surface area contributed by atoms with Gasteiger partial charge in [-0.05, 0) is 47.7 Å². The molecule has 1 aromatic heterocycles. The van der Waals surface area contributed by atoms with Gasteiger partial charge >= 0.3 is 0 Å². The van der Waals surface area contributed by atoms with Crippen molar-refractivity contribution < 1.29 is 18.8 Å². The van der Waals surface area contributed by atoms with Crippen LogP contribution >= 0.6 is 34.9 Å². The summed E-state index contributed by atoms with van der Waals surface area (Å²) in [5.41, 5.74) is 1.54. The van der Waals surface area contributed by atoms with Gasteiger partial charge in [0.1, 0.15) is 5.82 Å². The molecule has 1 aliphatic rings. The van der Waals surface area contributed by atoms with Crippen molar-refractivity contribution in [1.29, 1.82) is 0 Å². The third-order valence-corrected chi connectivity index (χ3v) is 7.39. The van der Waals surface area contributed by atoms with E-state index in [4.69, 9.17) is 0 Å². The fraction of sp³-hybridized carbons (Fsp3) is 0.143. The van der Waals surface area contributed by atoms with Gasteiger partial charge in [0.2, 0.25) is 5.91 Å². The van der Waals surface area contributed by atoms with Crippen molar-refractivity contribution >= 4 is 68.2 Å². The molecule has 0 unspecified atom stereocenters. The Balaban J connectivity index is 1.25. The molecule has 10 heteroatoms. The Morgan fingerprint density at radius 3 is 2.71 bits per heavy atom. The highest BCUT2D eigenvalue weighted by Crippen LogP contribution is 2.32. The maximum atomic E-state index is 13.0. The van der Waals surface area contributed by atoms with Crippen molar-refractivity contribution in [2.24, 2.45) is 0 Å². The monoisotopic (exact) mass is 473 g/mol. The van der Waals surface area contributed by atoms with Crippen LogP contribution < -0.4 is 5.32 Å². The first kappa shape index (κ1) is 21.5. The third-order valence-electron chi connectivity index (χ3n) is 4.30. The quantitative estimate of drug-likeness (QED) is 0.405. The highest BCUT2D eigenvalue weighted by Gasteiger charge is 2.34. The molecule has 0 atom stereocenters. The van der Waals surface area contributed by atoms with Crippen LogP contribution in [0.5, 0.6) is 0 Å². The van der Waals surface area contributed by atoms with E-state index < -0.39 is 11.1 Å². The van der Waals surface area contributed by atoms with Crippen LogP contribution in [0.1, 0.15) is 5.56 Å². The maximum absolute atomic E-state index is 13.0. The summed E-state index contributed by atoms with van der Waals surface area (Å²) in [6.45, 7) is 0.254. The van der Waals surface area contributed by atoms with Gasteiger partial charge in [0.15, 0.2) is 4.34 Å². The van der Waals surface area contributed by atoms with Gasteiger partial charge in [-0.15, -0.1) is 11.3 Å². The zero-order valence-corrected chi connectivity index (χ0v) is 18.5. The highest BCUT2D eigenvalue weighted by atomic mass is 32.2. The largest absolute Gasteiger partial charge is 0.354 e. The lowest BCUT2D eigenvalue weighted by molar-refractivity contribution is -0.123. The standard InChI is InChI=1S/C21H16FN3O3S3/c22-14-7-5-13(6-8-14)11-17-19(27)25(21(28)31-17)10-9-23-18(26)12-29-20-24-15-3-1-2-4-16(15)30-20/h1-8,11H,9-10,12H2,(H,23,26)/b17-11+. The van der Waals surface area contributed by atoms with Crippen molar-refractivity contribution in [2.45, 2.75) is 4.34 Å². The molecule has 1 saturated heterocycles. The topological polar surface area (TPSA) is 79.4 Å². The number of amides is 3. The molecule has 3 amide bonds. The molecule has 2 heterocycles. The second kappa shape index (κ2) is 9.63. The molecule has 0 spiro atoms. The summed E-state index contributed by atoms with van der Waals surface area (Å²) in [6.07, 6.45) is 1.55. The van der Waals surface area contributed by atoms with Gasteiger partial charge < -0.3 is 5.32 Å². The fourth-order valence-corrected chi connectivity index (χ4v) is 5.56. The number of thioether (sulfide) groups is 2.